The van der Waals surface area contributed by atoms with E-state index in [9.17, 15) is 4.79 Å². The van der Waals surface area contributed by atoms with Crippen LogP contribution in [0, 0.1) is 5.92 Å². The number of methoxy groups -OCH3 is 1. The highest BCUT2D eigenvalue weighted by molar-refractivity contribution is 14.0. The van der Waals surface area contributed by atoms with Crippen molar-refractivity contribution in [1.82, 2.24) is 15.1 Å². The maximum absolute atomic E-state index is 11.7. The monoisotopic (exact) mass is 412 g/mol. The number of piperidine rings is 1. The van der Waals surface area contributed by atoms with Gasteiger partial charge in [0.25, 0.3) is 0 Å². The number of amides is 1. The second-order valence-corrected chi connectivity index (χ2v) is 5.52. The number of likely N-dealkylation sites (tertiary alicyclic amines) is 1. The number of likely N-dealkylation sites (N-methyl/N-ethyl adjacent to an activating group) is 1. The molecule has 1 aliphatic heterocycles. The largest absolute Gasteiger partial charge is 0.383 e. The highest BCUT2D eigenvalue weighted by Crippen LogP contribution is 2.15. The summed E-state index contributed by atoms with van der Waals surface area (Å²) in [7, 11) is 5.17. The summed E-state index contributed by atoms with van der Waals surface area (Å²) in [5.41, 5.74) is 0. The summed E-state index contributed by atoms with van der Waals surface area (Å²) < 4.78 is 5.05. The zero-order valence-electron chi connectivity index (χ0n) is 13.6. The molecule has 1 heterocycles. The Bertz CT molecular complexity index is 329. The van der Waals surface area contributed by atoms with Gasteiger partial charge in [0.05, 0.1) is 6.61 Å². The van der Waals surface area contributed by atoms with Crippen LogP contribution in [-0.2, 0) is 9.53 Å². The summed E-state index contributed by atoms with van der Waals surface area (Å²) in [6.45, 7) is 5.80. The number of carbonyl (C=O) groups excluding carboxylic acids is 1. The maximum atomic E-state index is 11.7. The van der Waals surface area contributed by atoms with Gasteiger partial charge in [0, 0.05) is 40.8 Å². The molecule has 1 N–H and O–H groups in total. The van der Waals surface area contributed by atoms with Crippen LogP contribution in [0.1, 0.15) is 19.8 Å². The lowest BCUT2D eigenvalue weighted by Gasteiger charge is -2.33. The lowest BCUT2D eigenvalue weighted by atomic mass is 10.00. The first-order valence-corrected chi connectivity index (χ1v) is 7.27. The number of hydrogen-bond acceptors (Lipinski definition) is 3. The maximum Gasteiger partial charge on any atom is 0.243 e. The van der Waals surface area contributed by atoms with Gasteiger partial charge < -0.3 is 19.9 Å². The van der Waals surface area contributed by atoms with Crippen LogP contribution in [0.15, 0.2) is 4.99 Å². The lowest BCUT2D eigenvalue weighted by Crippen LogP contribution is -2.46. The van der Waals surface area contributed by atoms with Gasteiger partial charge in [0.2, 0.25) is 5.91 Å². The number of nitrogens with one attached hydrogen (secondary N) is 1. The molecule has 124 valence electrons. The van der Waals surface area contributed by atoms with Crippen LogP contribution in [0.2, 0.25) is 0 Å². The topological polar surface area (TPSA) is 57.2 Å². The highest BCUT2D eigenvalue weighted by Gasteiger charge is 2.19. The molecular weight excluding hydrogens is 383 g/mol. The molecule has 0 aromatic rings. The number of guanidine groups is 1. The van der Waals surface area contributed by atoms with Crippen molar-refractivity contribution in [2.24, 2.45) is 10.9 Å². The minimum Gasteiger partial charge on any atom is -0.383 e. The van der Waals surface area contributed by atoms with Crippen LogP contribution >= 0.6 is 24.0 Å². The van der Waals surface area contributed by atoms with Crippen LogP contribution in [0.25, 0.3) is 0 Å². The second kappa shape index (κ2) is 11.1. The summed E-state index contributed by atoms with van der Waals surface area (Å²) in [5, 5.41) is 3.28. The summed E-state index contributed by atoms with van der Waals surface area (Å²) in [5.74, 6) is 1.61. The van der Waals surface area contributed by atoms with Crippen molar-refractivity contribution in [2.45, 2.75) is 19.8 Å². The molecule has 0 unspecified atom stereocenters. The number of rotatable bonds is 5. The zero-order chi connectivity index (χ0) is 15.0. The van der Waals surface area contributed by atoms with E-state index in [0.29, 0.717) is 13.2 Å². The predicted molar refractivity (Wildman–Crippen MR) is 96.3 cm³/mol. The first kappa shape index (κ1) is 20.4. The summed E-state index contributed by atoms with van der Waals surface area (Å²) in [4.78, 5) is 19.9. The zero-order valence-corrected chi connectivity index (χ0v) is 15.9. The molecule has 1 saturated heterocycles. The lowest BCUT2D eigenvalue weighted by molar-refractivity contribution is -0.127. The Morgan fingerprint density at radius 3 is 2.52 bits per heavy atom. The van der Waals surface area contributed by atoms with Crippen molar-refractivity contribution in [3.8, 4) is 0 Å². The molecule has 0 atom stereocenters. The van der Waals surface area contributed by atoms with E-state index in [1.807, 2.05) is 0 Å². The first-order valence-electron chi connectivity index (χ1n) is 7.27. The highest BCUT2D eigenvalue weighted by atomic mass is 127. The minimum absolute atomic E-state index is 0. The van der Waals surface area contributed by atoms with E-state index in [-0.39, 0.29) is 36.4 Å². The van der Waals surface area contributed by atoms with Gasteiger partial charge in [0.15, 0.2) is 5.96 Å². The van der Waals surface area contributed by atoms with Gasteiger partial charge in [0.1, 0.15) is 6.54 Å². The first-order chi connectivity index (χ1) is 9.54. The van der Waals surface area contributed by atoms with E-state index in [2.05, 4.69) is 22.1 Å². The number of halogens is 1. The molecule has 1 aliphatic rings. The summed E-state index contributed by atoms with van der Waals surface area (Å²) in [6.07, 6.45) is 2.35. The molecule has 0 aliphatic carbocycles. The Balaban J connectivity index is 0.00000400. The van der Waals surface area contributed by atoms with Gasteiger partial charge in [-0.05, 0) is 18.8 Å². The third-order valence-electron chi connectivity index (χ3n) is 3.54. The number of hydrogen-bond donors (Lipinski definition) is 1. The predicted octanol–water partition coefficient (Wildman–Crippen LogP) is 1.02. The Kier molecular flexibility index (Phi) is 10.8. The molecule has 1 rings (SSSR count). The van der Waals surface area contributed by atoms with Crippen LogP contribution in [0.3, 0.4) is 0 Å². The van der Waals surface area contributed by atoms with Gasteiger partial charge in [-0.3, -0.25) is 4.79 Å². The summed E-state index contributed by atoms with van der Waals surface area (Å²) >= 11 is 0. The van der Waals surface area contributed by atoms with Crippen LogP contribution < -0.4 is 5.32 Å². The van der Waals surface area contributed by atoms with Crippen LogP contribution in [0.4, 0.5) is 0 Å². The van der Waals surface area contributed by atoms with Crippen molar-refractivity contribution in [3.05, 3.63) is 0 Å². The van der Waals surface area contributed by atoms with Crippen molar-refractivity contribution in [2.75, 3.05) is 54.0 Å². The van der Waals surface area contributed by atoms with Crippen molar-refractivity contribution in [1.29, 1.82) is 0 Å². The molecule has 0 saturated carbocycles. The number of aliphatic imine (C=N–C) groups is 1. The molecule has 0 radical (unpaired) electrons. The number of carbonyl (C=O) groups is 1. The molecule has 1 fully saturated rings. The van der Waals surface area contributed by atoms with Crippen LogP contribution in [-0.4, -0.2) is 75.7 Å². The molecule has 0 aromatic carbocycles. The van der Waals surface area contributed by atoms with E-state index in [0.717, 1.165) is 25.0 Å². The van der Waals surface area contributed by atoms with Crippen molar-refractivity contribution < 1.29 is 9.53 Å². The number of nitrogens with zero attached hydrogens (tertiary/aromatic N) is 3. The molecule has 0 spiro atoms. The standard InChI is InChI=1S/C14H28N4O2.HI/c1-12-5-8-18(9-6-12)14(15-7-10-20-4)16-11-13(19)17(2)3;/h12H,5-11H2,1-4H3,(H,15,16);1H. The average molecular weight is 412 g/mol. The van der Waals surface area contributed by atoms with E-state index in [4.69, 9.17) is 4.74 Å². The molecule has 21 heavy (non-hydrogen) atoms. The third-order valence-corrected chi connectivity index (χ3v) is 3.54. The fourth-order valence-electron chi connectivity index (χ4n) is 2.04. The summed E-state index contributed by atoms with van der Waals surface area (Å²) in [6, 6.07) is 0. The van der Waals surface area contributed by atoms with Crippen molar-refractivity contribution >= 4 is 35.8 Å². The third kappa shape index (κ3) is 7.85. The molecule has 0 bridgehead atoms. The Morgan fingerprint density at radius 1 is 1.38 bits per heavy atom. The van der Waals surface area contributed by atoms with E-state index in [1.165, 1.54) is 12.8 Å². The smallest absolute Gasteiger partial charge is 0.243 e. The number of ether oxygens (including phenoxy) is 1. The molecule has 7 heteroatoms. The molecule has 1 amide bonds. The van der Waals surface area contributed by atoms with E-state index < -0.39 is 0 Å². The van der Waals surface area contributed by atoms with E-state index >= 15 is 0 Å². The fourth-order valence-corrected chi connectivity index (χ4v) is 2.04. The fraction of sp³-hybridized carbons (Fsp3) is 0.857. The van der Waals surface area contributed by atoms with Gasteiger partial charge in [-0.2, -0.15) is 0 Å². The van der Waals surface area contributed by atoms with Crippen molar-refractivity contribution in [3.63, 3.8) is 0 Å². The Hall–Kier alpha value is -0.570. The molecule has 0 aromatic heterocycles. The molecule has 6 nitrogen and oxygen atoms in total. The average Bonchev–Trinajstić information content (AvgIpc) is 2.43. The second-order valence-electron chi connectivity index (χ2n) is 5.52. The SMILES string of the molecule is COCCNC(=NCC(=O)N(C)C)N1CCC(C)CC1.I. The Morgan fingerprint density at radius 2 is 2.00 bits per heavy atom. The van der Waals surface area contributed by atoms with Gasteiger partial charge in [-0.15, -0.1) is 24.0 Å². The quantitative estimate of drug-likeness (QED) is 0.317. The minimum atomic E-state index is 0. The van der Waals surface area contributed by atoms with Gasteiger partial charge in [-0.1, -0.05) is 6.92 Å². The normalized spacial score (nSPS) is 16.4. The van der Waals surface area contributed by atoms with Crippen LogP contribution in [0.5, 0.6) is 0 Å². The molecular formula is C14H29IN4O2. The van der Waals surface area contributed by atoms with Gasteiger partial charge >= 0.3 is 0 Å². The van der Waals surface area contributed by atoms with Gasteiger partial charge in [-0.25, -0.2) is 4.99 Å². The Labute approximate surface area is 145 Å². The van der Waals surface area contributed by atoms with E-state index in [1.54, 1.807) is 26.1 Å².